The van der Waals surface area contributed by atoms with Crippen LogP contribution in [0.15, 0.2) is 0 Å². The second-order valence-corrected chi connectivity index (χ2v) is 4.16. The van der Waals surface area contributed by atoms with Gasteiger partial charge in [-0.1, -0.05) is 27.7 Å². The standard InChI is InChI=1S/C13H24N2O/c1-5-9-15-11(7-3)13(12(16)8-4)10(6-2)14-15/h12,16H,5-9H2,1-4H3. The quantitative estimate of drug-likeness (QED) is 0.807. The van der Waals surface area contributed by atoms with E-state index in [2.05, 4.69) is 30.6 Å². The molecule has 1 rings (SSSR count). The molecule has 92 valence electrons. The molecular formula is C13H24N2O. The molecule has 1 heterocycles. The van der Waals surface area contributed by atoms with Crippen LogP contribution in [-0.4, -0.2) is 14.9 Å². The highest BCUT2D eigenvalue weighted by atomic mass is 16.3. The lowest BCUT2D eigenvalue weighted by Gasteiger charge is -2.11. The highest BCUT2D eigenvalue weighted by Crippen LogP contribution is 2.26. The molecule has 3 nitrogen and oxygen atoms in total. The number of hydrogen-bond donors (Lipinski definition) is 1. The summed E-state index contributed by atoms with van der Waals surface area (Å²) in [5.41, 5.74) is 3.37. The third kappa shape index (κ3) is 2.46. The van der Waals surface area contributed by atoms with Gasteiger partial charge in [0.15, 0.2) is 0 Å². The van der Waals surface area contributed by atoms with Crippen LogP contribution >= 0.6 is 0 Å². The molecule has 0 aliphatic carbocycles. The van der Waals surface area contributed by atoms with Crippen LogP contribution in [0, 0.1) is 0 Å². The average Bonchev–Trinajstić information content (AvgIpc) is 2.66. The van der Waals surface area contributed by atoms with Crippen LogP contribution in [0.2, 0.25) is 0 Å². The van der Waals surface area contributed by atoms with Gasteiger partial charge < -0.3 is 5.11 Å². The lowest BCUT2D eigenvalue weighted by molar-refractivity contribution is 0.171. The Kier molecular flexibility index (Phi) is 5.00. The molecule has 0 aromatic carbocycles. The minimum Gasteiger partial charge on any atom is -0.388 e. The molecule has 0 aliphatic heterocycles. The second-order valence-electron chi connectivity index (χ2n) is 4.16. The Morgan fingerprint density at radius 2 is 1.88 bits per heavy atom. The van der Waals surface area contributed by atoms with Crippen molar-refractivity contribution in [2.24, 2.45) is 0 Å². The number of rotatable bonds is 6. The van der Waals surface area contributed by atoms with Crippen LogP contribution in [0.4, 0.5) is 0 Å². The van der Waals surface area contributed by atoms with E-state index in [-0.39, 0.29) is 6.10 Å². The Morgan fingerprint density at radius 1 is 1.19 bits per heavy atom. The van der Waals surface area contributed by atoms with Crippen molar-refractivity contribution in [2.75, 3.05) is 0 Å². The van der Waals surface area contributed by atoms with Gasteiger partial charge in [-0.25, -0.2) is 0 Å². The topological polar surface area (TPSA) is 38.0 Å². The van der Waals surface area contributed by atoms with Crippen LogP contribution in [-0.2, 0) is 19.4 Å². The molecule has 0 radical (unpaired) electrons. The molecule has 1 N–H and O–H groups in total. The van der Waals surface area contributed by atoms with Gasteiger partial charge in [0.2, 0.25) is 0 Å². The minimum atomic E-state index is -0.351. The van der Waals surface area contributed by atoms with E-state index >= 15 is 0 Å². The second kappa shape index (κ2) is 6.04. The first-order chi connectivity index (χ1) is 7.69. The maximum atomic E-state index is 10.1. The van der Waals surface area contributed by atoms with Crippen molar-refractivity contribution in [2.45, 2.75) is 66.0 Å². The van der Waals surface area contributed by atoms with Crippen molar-refractivity contribution >= 4 is 0 Å². The van der Waals surface area contributed by atoms with E-state index in [1.807, 2.05) is 6.92 Å². The van der Waals surface area contributed by atoms with Crippen molar-refractivity contribution in [3.63, 3.8) is 0 Å². The first-order valence-electron chi connectivity index (χ1n) is 6.45. The van der Waals surface area contributed by atoms with Crippen molar-refractivity contribution in [1.29, 1.82) is 0 Å². The summed E-state index contributed by atoms with van der Waals surface area (Å²) in [5, 5.41) is 14.7. The summed E-state index contributed by atoms with van der Waals surface area (Å²) in [7, 11) is 0. The Bertz CT molecular complexity index is 331. The summed E-state index contributed by atoms with van der Waals surface area (Å²) in [6, 6.07) is 0. The molecule has 0 saturated heterocycles. The fourth-order valence-corrected chi connectivity index (χ4v) is 2.19. The van der Waals surface area contributed by atoms with E-state index in [1.165, 1.54) is 5.69 Å². The summed E-state index contributed by atoms with van der Waals surface area (Å²) in [4.78, 5) is 0. The molecule has 0 spiro atoms. The van der Waals surface area contributed by atoms with E-state index in [0.29, 0.717) is 0 Å². The van der Waals surface area contributed by atoms with Gasteiger partial charge in [0.25, 0.3) is 0 Å². The largest absolute Gasteiger partial charge is 0.388 e. The first-order valence-corrected chi connectivity index (χ1v) is 6.45. The number of nitrogens with zero attached hydrogens (tertiary/aromatic N) is 2. The van der Waals surface area contributed by atoms with Crippen molar-refractivity contribution in [3.05, 3.63) is 17.0 Å². The fourth-order valence-electron chi connectivity index (χ4n) is 2.19. The minimum absolute atomic E-state index is 0.351. The average molecular weight is 224 g/mol. The molecule has 1 atom stereocenters. The third-order valence-electron chi connectivity index (χ3n) is 3.00. The Morgan fingerprint density at radius 3 is 2.31 bits per heavy atom. The van der Waals surface area contributed by atoms with Gasteiger partial charge in [-0.05, 0) is 25.7 Å². The van der Waals surface area contributed by atoms with Crippen LogP contribution < -0.4 is 0 Å². The number of aromatic nitrogens is 2. The van der Waals surface area contributed by atoms with Crippen molar-refractivity contribution < 1.29 is 5.11 Å². The van der Waals surface area contributed by atoms with Gasteiger partial charge in [-0.15, -0.1) is 0 Å². The van der Waals surface area contributed by atoms with Gasteiger partial charge in [0, 0.05) is 17.8 Å². The summed E-state index contributed by atoms with van der Waals surface area (Å²) >= 11 is 0. The van der Waals surface area contributed by atoms with E-state index in [1.54, 1.807) is 0 Å². The van der Waals surface area contributed by atoms with Crippen molar-refractivity contribution in [3.8, 4) is 0 Å². The fraction of sp³-hybridized carbons (Fsp3) is 0.769. The molecule has 3 heteroatoms. The molecule has 0 bridgehead atoms. The number of aliphatic hydroxyl groups excluding tert-OH is 1. The predicted octanol–water partition coefficient (Wildman–Crippen LogP) is 2.86. The smallest absolute Gasteiger partial charge is 0.0823 e. The van der Waals surface area contributed by atoms with Crippen LogP contribution in [0.1, 0.15) is 63.6 Å². The summed E-state index contributed by atoms with van der Waals surface area (Å²) in [5.74, 6) is 0. The number of hydrogen-bond acceptors (Lipinski definition) is 2. The predicted molar refractivity (Wildman–Crippen MR) is 66.5 cm³/mol. The summed E-state index contributed by atoms with van der Waals surface area (Å²) in [6.07, 6.45) is 3.34. The Hall–Kier alpha value is -0.830. The van der Waals surface area contributed by atoms with Crippen LogP contribution in [0.5, 0.6) is 0 Å². The first kappa shape index (κ1) is 13.2. The maximum Gasteiger partial charge on any atom is 0.0823 e. The SMILES string of the molecule is CCCn1nc(CC)c(C(O)CC)c1CC. The molecule has 0 saturated carbocycles. The highest BCUT2D eigenvalue weighted by molar-refractivity contribution is 5.29. The monoisotopic (exact) mass is 224 g/mol. The lowest BCUT2D eigenvalue weighted by atomic mass is 10.0. The van der Waals surface area contributed by atoms with Gasteiger partial charge in [-0.2, -0.15) is 5.10 Å². The summed E-state index contributed by atoms with van der Waals surface area (Å²) in [6.45, 7) is 9.36. The number of aryl methyl sites for hydroxylation is 2. The lowest BCUT2D eigenvalue weighted by Crippen LogP contribution is -2.06. The molecule has 1 unspecified atom stereocenters. The molecule has 0 amide bonds. The molecular weight excluding hydrogens is 200 g/mol. The zero-order chi connectivity index (χ0) is 12.1. The molecule has 16 heavy (non-hydrogen) atoms. The molecule has 1 aromatic rings. The van der Waals surface area contributed by atoms with E-state index < -0.39 is 0 Å². The highest BCUT2D eigenvalue weighted by Gasteiger charge is 2.20. The van der Waals surface area contributed by atoms with Crippen LogP contribution in [0.3, 0.4) is 0 Å². The molecule has 1 aromatic heterocycles. The Balaban J connectivity index is 3.19. The molecule has 0 fully saturated rings. The van der Waals surface area contributed by atoms with E-state index in [0.717, 1.165) is 43.5 Å². The van der Waals surface area contributed by atoms with Gasteiger partial charge >= 0.3 is 0 Å². The summed E-state index contributed by atoms with van der Waals surface area (Å²) < 4.78 is 2.08. The van der Waals surface area contributed by atoms with Gasteiger partial charge in [0.05, 0.1) is 11.8 Å². The van der Waals surface area contributed by atoms with E-state index in [4.69, 9.17) is 0 Å². The zero-order valence-electron chi connectivity index (χ0n) is 11.0. The van der Waals surface area contributed by atoms with Crippen LogP contribution in [0.25, 0.3) is 0 Å². The van der Waals surface area contributed by atoms with Gasteiger partial charge in [-0.3, -0.25) is 4.68 Å². The molecule has 0 aliphatic rings. The number of aliphatic hydroxyl groups is 1. The van der Waals surface area contributed by atoms with Crippen molar-refractivity contribution in [1.82, 2.24) is 9.78 Å². The normalized spacial score (nSPS) is 13.1. The maximum absolute atomic E-state index is 10.1. The van der Waals surface area contributed by atoms with Gasteiger partial charge in [0.1, 0.15) is 0 Å². The van der Waals surface area contributed by atoms with E-state index in [9.17, 15) is 5.11 Å². The zero-order valence-corrected chi connectivity index (χ0v) is 11.0. The third-order valence-corrected chi connectivity index (χ3v) is 3.00. The Labute approximate surface area is 98.5 Å².